The van der Waals surface area contributed by atoms with Gasteiger partial charge in [-0.2, -0.15) is 10.1 Å². The van der Waals surface area contributed by atoms with E-state index in [1.807, 2.05) is 24.4 Å². The van der Waals surface area contributed by atoms with Gasteiger partial charge in [-0.3, -0.25) is 5.10 Å². The molecule has 4 aromatic rings. The van der Waals surface area contributed by atoms with Crippen molar-refractivity contribution in [1.82, 2.24) is 30.0 Å². The number of fused-ring (bicyclic) bond motifs is 1. The lowest BCUT2D eigenvalue weighted by atomic mass is 9.89. The average Bonchev–Trinajstić information content (AvgIpc) is 3.41. The van der Waals surface area contributed by atoms with Gasteiger partial charge in [0.1, 0.15) is 5.82 Å². The molecule has 0 unspecified atom stereocenters. The van der Waals surface area contributed by atoms with Crippen molar-refractivity contribution in [3.63, 3.8) is 0 Å². The van der Waals surface area contributed by atoms with Crippen LogP contribution in [0.4, 0.5) is 5.82 Å². The minimum absolute atomic E-state index is 0.376. The molecule has 0 aromatic carbocycles. The number of hydrogen-bond donors (Lipinski definition) is 2. The molecule has 0 bridgehead atoms. The second kappa shape index (κ2) is 7.29. The summed E-state index contributed by atoms with van der Waals surface area (Å²) in [5.41, 5.74) is 11.2. The zero-order chi connectivity index (χ0) is 19.8. The van der Waals surface area contributed by atoms with Crippen molar-refractivity contribution in [2.45, 2.75) is 25.7 Å². The molecule has 29 heavy (non-hydrogen) atoms. The first-order valence-corrected chi connectivity index (χ1v) is 9.96. The van der Waals surface area contributed by atoms with Gasteiger partial charge < -0.3 is 15.1 Å². The van der Waals surface area contributed by atoms with Crippen molar-refractivity contribution < 1.29 is 4.42 Å². The number of nitrogens with two attached hydrogens (primary N) is 1. The number of anilines is 1. The van der Waals surface area contributed by atoms with Gasteiger partial charge in [-0.15, -0.1) is 0 Å². The molecule has 3 N–H and O–H groups in total. The molecule has 8 heteroatoms. The molecule has 0 saturated carbocycles. The van der Waals surface area contributed by atoms with Gasteiger partial charge in [0.15, 0.2) is 11.2 Å². The standard InChI is InChI=1S/C21H23N7O/c1-2-28-8-5-13(6-9-28)18-16(12-25-27-18)14-10-15(19(22)24-11-14)21-26-20-17(29-21)4-3-7-23-20/h3-4,7,10-13H,2,5-6,8-9H2,1H3,(H2,22,24)(H,25,27). The fourth-order valence-electron chi connectivity index (χ4n) is 4.05. The van der Waals surface area contributed by atoms with Crippen molar-refractivity contribution in [3.05, 3.63) is 42.5 Å². The van der Waals surface area contributed by atoms with E-state index in [9.17, 15) is 0 Å². The number of piperidine rings is 1. The van der Waals surface area contributed by atoms with Crippen molar-refractivity contribution in [2.75, 3.05) is 25.4 Å². The summed E-state index contributed by atoms with van der Waals surface area (Å²) in [6, 6.07) is 5.63. The number of aromatic nitrogens is 5. The summed E-state index contributed by atoms with van der Waals surface area (Å²) >= 11 is 0. The van der Waals surface area contributed by atoms with Crippen LogP contribution in [0.15, 0.2) is 41.2 Å². The molecular formula is C21H23N7O. The Morgan fingerprint density at radius 3 is 2.86 bits per heavy atom. The Balaban J connectivity index is 1.50. The summed E-state index contributed by atoms with van der Waals surface area (Å²) in [5.74, 6) is 1.26. The molecule has 1 saturated heterocycles. The predicted octanol–water partition coefficient (Wildman–Crippen LogP) is 3.46. The first-order chi connectivity index (χ1) is 14.2. The fraction of sp³-hybridized carbons (Fsp3) is 0.333. The summed E-state index contributed by atoms with van der Waals surface area (Å²) in [6.07, 6.45) is 7.58. The zero-order valence-electron chi connectivity index (χ0n) is 16.3. The highest BCUT2D eigenvalue weighted by atomic mass is 16.3. The van der Waals surface area contributed by atoms with Crippen LogP contribution in [0.3, 0.4) is 0 Å². The van der Waals surface area contributed by atoms with Gasteiger partial charge in [-0.1, -0.05) is 6.92 Å². The van der Waals surface area contributed by atoms with E-state index in [2.05, 4.69) is 37.0 Å². The molecule has 1 aliphatic heterocycles. The van der Waals surface area contributed by atoms with E-state index in [-0.39, 0.29) is 0 Å². The summed E-state index contributed by atoms with van der Waals surface area (Å²) < 4.78 is 5.86. The topological polar surface area (TPSA) is 110 Å². The van der Waals surface area contributed by atoms with Crippen molar-refractivity contribution in [3.8, 4) is 22.6 Å². The van der Waals surface area contributed by atoms with Gasteiger partial charge in [0.25, 0.3) is 0 Å². The molecule has 1 fully saturated rings. The maximum absolute atomic E-state index is 6.15. The molecule has 0 radical (unpaired) electrons. The first-order valence-electron chi connectivity index (χ1n) is 9.96. The van der Waals surface area contributed by atoms with Gasteiger partial charge in [0.05, 0.1) is 11.8 Å². The molecule has 4 aromatic heterocycles. The zero-order valence-corrected chi connectivity index (χ0v) is 16.3. The van der Waals surface area contributed by atoms with E-state index in [1.54, 1.807) is 12.4 Å². The smallest absolute Gasteiger partial charge is 0.232 e. The second-order valence-electron chi connectivity index (χ2n) is 7.41. The Morgan fingerprint density at radius 1 is 1.21 bits per heavy atom. The van der Waals surface area contributed by atoms with E-state index in [4.69, 9.17) is 10.2 Å². The average molecular weight is 389 g/mol. The summed E-state index contributed by atoms with van der Waals surface area (Å²) in [5, 5.41) is 7.55. The Labute approximate surface area is 168 Å². The molecule has 5 rings (SSSR count). The van der Waals surface area contributed by atoms with E-state index in [1.165, 1.54) is 0 Å². The van der Waals surface area contributed by atoms with E-state index in [0.717, 1.165) is 49.3 Å². The predicted molar refractivity (Wildman–Crippen MR) is 111 cm³/mol. The molecule has 0 atom stereocenters. The van der Waals surface area contributed by atoms with E-state index in [0.29, 0.717) is 34.4 Å². The molecule has 8 nitrogen and oxygen atoms in total. The van der Waals surface area contributed by atoms with E-state index < -0.39 is 0 Å². The SMILES string of the molecule is CCN1CCC(c2[nH]ncc2-c2cnc(N)c(-c3nc4ncccc4o3)c2)CC1. The fourth-order valence-corrected chi connectivity index (χ4v) is 4.05. The molecule has 5 heterocycles. The number of nitrogens with one attached hydrogen (secondary N) is 1. The van der Waals surface area contributed by atoms with Crippen LogP contribution in [-0.4, -0.2) is 49.7 Å². The number of likely N-dealkylation sites (tertiary alicyclic amines) is 1. The third-order valence-electron chi connectivity index (χ3n) is 5.74. The van der Waals surface area contributed by atoms with Crippen molar-refractivity contribution in [1.29, 1.82) is 0 Å². The van der Waals surface area contributed by atoms with Crippen LogP contribution in [0, 0.1) is 0 Å². The monoisotopic (exact) mass is 389 g/mol. The highest BCUT2D eigenvalue weighted by molar-refractivity contribution is 5.79. The Morgan fingerprint density at radius 2 is 2.07 bits per heavy atom. The van der Waals surface area contributed by atoms with Crippen molar-refractivity contribution >= 4 is 17.0 Å². The van der Waals surface area contributed by atoms with E-state index >= 15 is 0 Å². The normalized spacial score (nSPS) is 15.9. The highest BCUT2D eigenvalue weighted by Crippen LogP contribution is 2.36. The van der Waals surface area contributed by atoms with Crippen molar-refractivity contribution in [2.24, 2.45) is 0 Å². The van der Waals surface area contributed by atoms with Crippen LogP contribution >= 0.6 is 0 Å². The van der Waals surface area contributed by atoms with Gasteiger partial charge in [-0.25, -0.2) is 9.97 Å². The highest BCUT2D eigenvalue weighted by Gasteiger charge is 2.24. The lowest BCUT2D eigenvalue weighted by molar-refractivity contribution is 0.221. The number of nitrogen functional groups attached to an aromatic ring is 1. The number of hydrogen-bond acceptors (Lipinski definition) is 7. The minimum Gasteiger partial charge on any atom is -0.434 e. The first kappa shape index (κ1) is 17.8. The van der Waals surface area contributed by atoms with Crippen LogP contribution in [0.2, 0.25) is 0 Å². The quantitative estimate of drug-likeness (QED) is 0.550. The van der Waals surface area contributed by atoms with Crippen LogP contribution in [0.25, 0.3) is 33.8 Å². The Hall–Kier alpha value is -3.26. The Kier molecular flexibility index (Phi) is 4.48. The number of rotatable bonds is 4. The molecular weight excluding hydrogens is 366 g/mol. The summed E-state index contributed by atoms with van der Waals surface area (Å²) in [4.78, 5) is 15.6. The number of H-pyrrole nitrogens is 1. The van der Waals surface area contributed by atoms with Gasteiger partial charge in [-0.05, 0) is 50.7 Å². The van der Waals surface area contributed by atoms with Gasteiger partial charge in [0, 0.05) is 35.1 Å². The molecule has 148 valence electrons. The number of aromatic amines is 1. The third-order valence-corrected chi connectivity index (χ3v) is 5.74. The maximum atomic E-state index is 6.15. The van der Waals surface area contributed by atoms with Crippen LogP contribution in [-0.2, 0) is 0 Å². The van der Waals surface area contributed by atoms with Crippen LogP contribution in [0.1, 0.15) is 31.4 Å². The lowest BCUT2D eigenvalue weighted by Crippen LogP contribution is -2.32. The van der Waals surface area contributed by atoms with Gasteiger partial charge >= 0.3 is 0 Å². The summed E-state index contributed by atoms with van der Waals surface area (Å²) in [6.45, 7) is 5.54. The maximum Gasteiger partial charge on any atom is 0.232 e. The van der Waals surface area contributed by atoms with Gasteiger partial charge in [0.2, 0.25) is 5.89 Å². The van der Waals surface area contributed by atoms with Crippen LogP contribution in [0.5, 0.6) is 0 Å². The molecule has 1 aliphatic rings. The number of pyridine rings is 2. The second-order valence-corrected chi connectivity index (χ2v) is 7.41. The molecule has 0 amide bonds. The largest absolute Gasteiger partial charge is 0.434 e. The molecule has 0 aliphatic carbocycles. The third kappa shape index (κ3) is 3.25. The minimum atomic E-state index is 0.376. The number of oxazole rings is 1. The number of nitrogens with zero attached hydrogens (tertiary/aromatic N) is 5. The lowest BCUT2D eigenvalue weighted by Gasteiger charge is -2.30. The Bertz CT molecular complexity index is 1110. The van der Waals surface area contributed by atoms with Crippen LogP contribution < -0.4 is 5.73 Å². The summed E-state index contributed by atoms with van der Waals surface area (Å²) in [7, 11) is 0. The molecule has 0 spiro atoms.